The Balaban J connectivity index is 1.16. The fourth-order valence-corrected chi connectivity index (χ4v) is 4.49. The minimum Gasteiger partial charge on any atom is -0.338 e. The Hall–Kier alpha value is -3.55. The highest BCUT2D eigenvalue weighted by molar-refractivity contribution is 6.03. The smallest absolute Gasteiger partial charge is 0.241 e. The number of carbonyl (C=O) groups is 1. The first-order chi connectivity index (χ1) is 16.6. The van der Waals surface area contributed by atoms with E-state index in [1.54, 1.807) is 0 Å². The van der Waals surface area contributed by atoms with Crippen molar-refractivity contribution in [1.29, 1.82) is 0 Å². The second-order valence-electron chi connectivity index (χ2n) is 8.83. The van der Waals surface area contributed by atoms with Gasteiger partial charge in [0.05, 0.1) is 12.6 Å². The van der Waals surface area contributed by atoms with Crippen LogP contribution >= 0.6 is 0 Å². The molecule has 0 bridgehead atoms. The summed E-state index contributed by atoms with van der Waals surface area (Å²) >= 11 is 0. The van der Waals surface area contributed by atoms with E-state index in [0.29, 0.717) is 18.3 Å². The lowest BCUT2D eigenvalue weighted by Crippen LogP contribution is -2.52. The number of hydrogen-bond acceptors (Lipinski definition) is 6. The van der Waals surface area contributed by atoms with E-state index in [2.05, 4.69) is 37.4 Å². The second kappa shape index (κ2) is 9.75. The number of piperazine rings is 1. The molecular formula is C27H29N5O2. The fourth-order valence-electron chi connectivity index (χ4n) is 4.49. The van der Waals surface area contributed by atoms with Crippen LogP contribution in [0.5, 0.6) is 0 Å². The lowest BCUT2D eigenvalue weighted by molar-refractivity contribution is -0.121. The summed E-state index contributed by atoms with van der Waals surface area (Å²) in [4.78, 5) is 22.1. The van der Waals surface area contributed by atoms with E-state index in [0.717, 1.165) is 53.8 Å². The van der Waals surface area contributed by atoms with E-state index >= 15 is 0 Å². The van der Waals surface area contributed by atoms with E-state index in [4.69, 9.17) is 4.52 Å². The monoisotopic (exact) mass is 455 g/mol. The first-order valence-corrected chi connectivity index (χ1v) is 11.7. The number of fused-ring (bicyclic) bond motifs is 1. The molecule has 0 radical (unpaired) electrons. The highest BCUT2D eigenvalue weighted by Gasteiger charge is 2.26. The molecular weight excluding hydrogens is 426 g/mol. The molecule has 1 amide bonds. The standard InChI is InChI=1S/C27H29N5O2/c1-19-8-3-5-11-22(19)26-29-25(34-30-26)18-31-14-16-32(17-15-31)20(2)27(33)28-24-13-7-10-21-9-4-6-12-23(21)24/h3-13,20H,14-18H2,1-2H3,(H,28,33). The van der Waals surface area contributed by atoms with Crippen molar-refractivity contribution in [2.45, 2.75) is 26.4 Å². The molecule has 1 saturated heterocycles. The largest absolute Gasteiger partial charge is 0.338 e. The van der Waals surface area contributed by atoms with E-state index in [9.17, 15) is 4.79 Å². The zero-order valence-electron chi connectivity index (χ0n) is 19.6. The Bertz CT molecular complexity index is 1290. The van der Waals surface area contributed by atoms with Gasteiger partial charge in [0.25, 0.3) is 0 Å². The quantitative estimate of drug-likeness (QED) is 0.466. The third kappa shape index (κ3) is 4.71. The molecule has 1 N–H and O–H groups in total. The zero-order chi connectivity index (χ0) is 23.5. The molecule has 7 nitrogen and oxygen atoms in total. The molecule has 3 aromatic carbocycles. The number of anilines is 1. The molecule has 1 atom stereocenters. The van der Waals surface area contributed by atoms with Crippen LogP contribution in [0.15, 0.2) is 71.3 Å². The highest BCUT2D eigenvalue weighted by Crippen LogP contribution is 2.24. The Labute approximate surface area is 199 Å². The highest BCUT2D eigenvalue weighted by atomic mass is 16.5. The third-order valence-electron chi connectivity index (χ3n) is 6.59. The topological polar surface area (TPSA) is 74.5 Å². The Morgan fingerprint density at radius 2 is 1.74 bits per heavy atom. The maximum Gasteiger partial charge on any atom is 0.241 e. The zero-order valence-corrected chi connectivity index (χ0v) is 19.6. The van der Waals surface area contributed by atoms with Gasteiger partial charge in [0.2, 0.25) is 17.6 Å². The van der Waals surface area contributed by atoms with Gasteiger partial charge in [-0.15, -0.1) is 0 Å². The van der Waals surface area contributed by atoms with Crippen molar-refractivity contribution in [3.05, 3.63) is 78.2 Å². The van der Waals surface area contributed by atoms with E-state index in [-0.39, 0.29) is 11.9 Å². The van der Waals surface area contributed by atoms with Gasteiger partial charge in [-0.3, -0.25) is 14.6 Å². The van der Waals surface area contributed by atoms with Gasteiger partial charge < -0.3 is 9.84 Å². The van der Waals surface area contributed by atoms with Gasteiger partial charge in [-0.05, 0) is 30.9 Å². The lowest BCUT2D eigenvalue weighted by atomic mass is 10.1. The summed E-state index contributed by atoms with van der Waals surface area (Å²) in [5, 5.41) is 9.47. The maximum absolute atomic E-state index is 13.0. The first-order valence-electron chi connectivity index (χ1n) is 11.7. The van der Waals surface area contributed by atoms with Gasteiger partial charge in [0.1, 0.15) is 0 Å². The molecule has 5 rings (SSSR count). The summed E-state index contributed by atoms with van der Waals surface area (Å²) in [7, 11) is 0. The van der Waals surface area contributed by atoms with E-state index < -0.39 is 0 Å². The van der Waals surface area contributed by atoms with Crippen molar-refractivity contribution in [1.82, 2.24) is 19.9 Å². The number of aryl methyl sites for hydroxylation is 1. The average molecular weight is 456 g/mol. The number of carbonyl (C=O) groups excluding carboxylic acids is 1. The van der Waals surface area contributed by atoms with E-state index in [1.807, 2.05) is 68.4 Å². The summed E-state index contributed by atoms with van der Waals surface area (Å²) in [5.74, 6) is 1.27. The number of benzene rings is 3. The van der Waals surface area contributed by atoms with Crippen LogP contribution in [0.2, 0.25) is 0 Å². The minimum absolute atomic E-state index is 0.0181. The molecule has 174 valence electrons. The molecule has 1 fully saturated rings. The Morgan fingerprint density at radius 3 is 2.56 bits per heavy atom. The normalized spacial score (nSPS) is 15.9. The number of aromatic nitrogens is 2. The van der Waals surface area contributed by atoms with E-state index in [1.165, 1.54) is 0 Å². The van der Waals surface area contributed by atoms with Gasteiger partial charge in [-0.2, -0.15) is 4.98 Å². The van der Waals surface area contributed by atoms with Crippen molar-refractivity contribution >= 4 is 22.4 Å². The van der Waals surface area contributed by atoms with Gasteiger partial charge in [0, 0.05) is 42.8 Å². The summed E-state index contributed by atoms with van der Waals surface area (Å²) in [5.41, 5.74) is 2.97. The van der Waals surface area contributed by atoms with Crippen molar-refractivity contribution in [3.8, 4) is 11.4 Å². The number of rotatable bonds is 6. The van der Waals surface area contributed by atoms with Crippen molar-refractivity contribution in [3.63, 3.8) is 0 Å². The van der Waals surface area contributed by atoms with Crippen molar-refractivity contribution in [2.75, 3.05) is 31.5 Å². The molecule has 1 unspecified atom stereocenters. The molecule has 4 aromatic rings. The average Bonchev–Trinajstić information content (AvgIpc) is 3.32. The Kier molecular flexibility index (Phi) is 6.38. The Morgan fingerprint density at radius 1 is 1.00 bits per heavy atom. The number of nitrogens with one attached hydrogen (secondary N) is 1. The van der Waals surface area contributed by atoms with Gasteiger partial charge >= 0.3 is 0 Å². The minimum atomic E-state index is -0.211. The van der Waals surface area contributed by atoms with Crippen LogP contribution in [-0.2, 0) is 11.3 Å². The fraction of sp³-hybridized carbons (Fsp3) is 0.296. The number of hydrogen-bond donors (Lipinski definition) is 1. The SMILES string of the molecule is Cc1ccccc1-c1noc(CN2CCN(C(C)C(=O)Nc3cccc4ccccc34)CC2)n1. The molecule has 1 aromatic heterocycles. The van der Waals surface area contributed by atoms with Crippen LogP contribution in [0.4, 0.5) is 5.69 Å². The third-order valence-corrected chi connectivity index (χ3v) is 6.59. The molecule has 34 heavy (non-hydrogen) atoms. The van der Waals surface area contributed by atoms with Gasteiger partial charge in [0.15, 0.2) is 0 Å². The predicted molar refractivity (Wildman–Crippen MR) is 133 cm³/mol. The maximum atomic E-state index is 13.0. The molecule has 0 saturated carbocycles. The summed E-state index contributed by atoms with van der Waals surface area (Å²) in [6, 6.07) is 21.9. The van der Waals surface area contributed by atoms with Gasteiger partial charge in [-0.25, -0.2) is 0 Å². The second-order valence-corrected chi connectivity index (χ2v) is 8.83. The van der Waals surface area contributed by atoms with Crippen LogP contribution < -0.4 is 5.32 Å². The number of nitrogens with zero attached hydrogens (tertiary/aromatic N) is 4. The number of amides is 1. The molecule has 1 aliphatic heterocycles. The molecule has 0 spiro atoms. The summed E-state index contributed by atoms with van der Waals surface area (Å²) < 4.78 is 5.51. The summed E-state index contributed by atoms with van der Waals surface area (Å²) in [6.07, 6.45) is 0. The van der Waals surface area contributed by atoms with Crippen LogP contribution in [-0.4, -0.2) is 58.1 Å². The molecule has 1 aliphatic rings. The predicted octanol–water partition coefficient (Wildman–Crippen LogP) is 4.34. The molecule has 0 aliphatic carbocycles. The van der Waals surface area contributed by atoms with Crippen LogP contribution in [0.1, 0.15) is 18.4 Å². The molecule has 2 heterocycles. The van der Waals surface area contributed by atoms with Crippen molar-refractivity contribution in [2.24, 2.45) is 0 Å². The van der Waals surface area contributed by atoms with Crippen LogP contribution in [0, 0.1) is 6.92 Å². The lowest BCUT2D eigenvalue weighted by Gasteiger charge is -2.36. The van der Waals surface area contributed by atoms with Crippen LogP contribution in [0.25, 0.3) is 22.2 Å². The first kappa shape index (κ1) is 22.3. The molecule has 7 heteroatoms. The summed E-state index contributed by atoms with van der Waals surface area (Å²) in [6.45, 7) is 7.93. The van der Waals surface area contributed by atoms with Crippen molar-refractivity contribution < 1.29 is 9.32 Å². The van der Waals surface area contributed by atoms with Crippen LogP contribution in [0.3, 0.4) is 0 Å². The van der Waals surface area contributed by atoms with Gasteiger partial charge in [-0.1, -0.05) is 65.8 Å².